The van der Waals surface area contributed by atoms with Crippen LogP contribution in [0.2, 0.25) is 0 Å². The van der Waals surface area contributed by atoms with Gasteiger partial charge in [0.25, 0.3) is 0 Å². The molecule has 1 unspecified atom stereocenters. The Labute approximate surface area is 111 Å². The van der Waals surface area contributed by atoms with Crippen LogP contribution in [0.25, 0.3) is 0 Å². The molecular weight excluding hydrogens is 228 g/mol. The van der Waals surface area contributed by atoms with Gasteiger partial charge < -0.3 is 10.2 Å². The molecule has 0 spiro atoms. The number of carbonyl (C=O) groups is 1. The van der Waals surface area contributed by atoms with E-state index < -0.39 is 5.97 Å². The van der Waals surface area contributed by atoms with Gasteiger partial charge in [-0.25, -0.2) is 0 Å². The lowest BCUT2D eigenvalue weighted by Gasteiger charge is -2.03. The molecule has 0 saturated heterocycles. The van der Waals surface area contributed by atoms with Crippen molar-refractivity contribution in [3.05, 3.63) is 12.2 Å². The molecule has 0 radical (unpaired) electrons. The van der Waals surface area contributed by atoms with Crippen LogP contribution >= 0.6 is 0 Å². The molecule has 0 aromatic heterocycles. The number of aliphatic hydroxyl groups is 1. The van der Waals surface area contributed by atoms with Crippen LogP contribution in [0.1, 0.15) is 64.7 Å². The summed E-state index contributed by atoms with van der Waals surface area (Å²) < 4.78 is 0. The zero-order valence-corrected chi connectivity index (χ0v) is 11.6. The Bertz CT molecular complexity index is 224. The molecule has 3 nitrogen and oxygen atoms in total. The van der Waals surface area contributed by atoms with Crippen LogP contribution in [0.3, 0.4) is 0 Å². The monoisotopic (exact) mass is 256 g/mol. The van der Waals surface area contributed by atoms with E-state index in [0.29, 0.717) is 6.61 Å². The maximum atomic E-state index is 10.6. The molecule has 2 N–H and O–H groups in total. The van der Waals surface area contributed by atoms with Gasteiger partial charge in [-0.3, -0.25) is 4.79 Å². The van der Waals surface area contributed by atoms with Crippen molar-refractivity contribution in [3.63, 3.8) is 0 Å². The second-order valence-electron chi connectivity index (χ2n) is 4.92. The Balaban J connectivity index is 3.21. The SMILES string of the molecule is CC(CCCC/C=C/CCCCCCO)C(=O)O. The third-order valence-corrected chi connectivity index (χ3v) is 3.13. The predicted octanol–water partition coefficient (Wildman–Crippen LogP) is 3.77. The molecule has 0 aliphatic carbocycles. The first-order valence-corrected chi connectivity index (χ1v) is 7.17. The number of carboxylic acid groups (broad SMARTS) is 1. The van der Waals surface area contributed by atoms with Crippen molar-refractivity contribution in [2.24, 2.45) is 5.92 Å². The van der Waals surface area contributed by atoms with E-state index in [-0.39, 0.29) is 5.92 Å². The lowest BCUT2D eigenvalue weighted by atomic mass is 10.0. The zero-order chi connectivity index (χ0) is 13.6. The minimum Gasteiger partial charge on any atom is -0.481 e. The molecule has 0 aliphatic heterocycles. The van der Waals surface area contributed by atoms with E-state index in [2.05, 4.69) is 12.2 Å². The quantitative estimate of drug-likeness (QED) is 0.413. The first kappa shape index (κ1) is 17.2. The highest BCUT2D eigenvalue weighted by molar-refractivity contribution is 5.69. The highest BCUT2D eigenvalue weighted by Gasteiger charge is 2.08. The van der Waals surface area contributed by atoms with Crippen molar-refractivity contribution in [1.82, 2.24) is 0 Å². The fourth-order valence-electron chi connectivity index (χ4n) is 1.80. The normalized spacial score (nSPS) is 13.0. The second kappa shape index (κ2) is 12.6. The first-order chi connectivity index (χ1) is 8.68. The predicted molar refractivity (Wildman–Crippen MR) is 74.6 cm³/mol. The van der Waals surface area contributed by atoms with Gasteiger partial charge >= 0.3 is 5.97 Å². The van der Waals surface area contributed by atoms with E-state index in [0.717, 1.165) is 44.9 Å². The number of rotatable bonds is 12. The summed E-state index contributed by atoms with van der Waals surface area (Å²) in [7, 11) is 0. The Hall–Kier alpha value is -0.830. The van der Waals surface area contributed by atoms with Crippen LogP contribution in [0, 0.1) is 5.92 Å². The largest absolute Gasteiger partial charge is 0.481 e. The summed E-state index contributed by atoms with van der Waals surface area (Å²) in [5, 5.41) is 17.3. The molecular formula is C15H28O3. The first-order valence-electron chi connectivity index (χ1n) is 7.17. The molecule has 3 heteroatoms. The summed E-state index contributed by atoms with van der Waals surface area (Å²) in [5.74, 6) is -0.895. The fourth-order valence-corrected chi connectivity index (χ4v) is 1.80. The van der Waals surface area contributed by atoms with Gasteiger partial charge in [0.05, 0.1) is 5.92 Å². The van der Waals surface area contributed by atoms with Crippen LogP contribution in [-0.2, 0) is 4.79 Å². The maximum absolute atomic E-state index is 10.6. The van der Waals surface area contributed by atoms with Crippen LogP contribution in [0.5, 0.6) is 0 Å². The van der Waals surface area contributed by atoms with Crippen molar-refractivity contribution in [1.29, 1.82) is 0 Å². The fraction of sp³-hybridized carbons (Fsp3) is 0.800. The Morgan fingerprint density at radius 1 is 1.00 bits per heavy atom. The van der Waals surface area contributed by atoms with Gasteiger partial charge in [-0.2, -0.15) is 0 Å². The number of aliphatic hydroxyl groups excluding tert-OH is 1. The van der Waals surface area contributed by atoms with E-state index in [1.807, 2.05) is 0 Å². The topological polar surface area (TPSA) is 57.5 Å². The Kier molecular flexibility index (Phi) is 12.0. The summed E-state index contributed by atoms with van der Waals surface area (Å²) in [6.45, 7) is 2.08. The smallest absolute Gasteiger partial charge is 0.306 e. The molecule has 0 aromatic rings. The average Bonchev–Trinajstić information content (AvgIpc) is 2.35. The Morgan fingerprint density at radius 3 is 2.11 bits per heavy atom. The summed E-state index contributed by atoms with van der Waals surface area (Å²) in [4.78, 5) is 10.6. The molecule has 0 rings (SSSR count). The average molecular weight is 256 g/mol. The minimum atomic E-state index is -0.687. The van der Waals surface area contributed by atoms with E-state index in [1.54, 1.807) is 6.92 Å². The van der Waals surface area contributed by atoms with Crippen molar-refractivity contribution in [3.8, 4) is 0 Å². The number of hydrogen-bond acceptors (Lipinski definition) is 2. The van der Waals surface area contributed by atoms with Gasteiger partial charge in [0.2, 0.25) is 0 Å². The second-order valence-corrected chi connectivity index (χ2v) is 4.92. The van der Waals surface area contributed by atoms with E-state index in [4.69, 9.17) is 10.2 Å². The highest BCUT2D eigenvalue weighted by atomic mass is 16.4. The van der Waals surface area contributed by atoms with Crippen LogP contribution < -0.4 is 0 Å². The molecule has 1 atom stereocenters. The lowest BCUT2D eigenvalue weighted by molar-refractivity contribution is -0.141. The van der Waals surface area contributed by atoms with Crippen LogP contribution in [-0.4, -0.2) is 22.8 Å². The Morgan fingerprint density at radius 2 is 1.56 bits per heavy atom. The van der Waals surface area contributed by atoms with E-state index in [1.165, 1.54) is 12.8 Å². The molecule has 0 bridgehead atoms. The van der Waals surface area contributed by atoms with E-state index in [9.17, 15) is 4.79 Å². The minimum absolute atomic E-state index is 0.208. The molecule has 0 amide bonds. The molecule has 0 fully saturated rings. The molecule has 0 heterocycles. The van der Waals surface area contributed by atoms with Gasteiger partial charge in [-0.15, -0.1) is 0 Å². The van der Waals surface area contributed by atoms with Crippen molar-refractivity contribution >= 4 is 5.97 Å². The van der Waals surface area contributed by atoms with E-state index >= 15 is 0 Å². The van der Waals surface area contributed by atoms with Gasteiger partial charge in [-0.05, 0) is 38.5 Å². The van der Waals surface area contributed by atoms with Crippen LogP contribution in [0.4, 0.5) is 0 Å². The molecule has 18 heavy (non-hydrogen) atoms. The van der Waals surface area contributed by atoms with Gasteiger partial charge in [0.15, 0.2) is 0 Å². The third-order valence-electron chi connectivity index (χ3n) is 3.13. The lowest BCUT2D eigenvalue weighted by Crippen LogP contribution is -2.08. The van der Waals surface area contributed by atoms with Gasteiger partial charge in [0.1, 0.15) is 0 Å². The number of allylic oxidation sites excluding steroid dienone is 2. The van der Waals surface area contributed by atoms with Crippen LogP contribution in [0.15, 0.2) is 12.2 Å². The molecule has 0 aromatic carbocycles. The molecule has 106 valence electrons. The zero-order valence-electron chi connectivity index (χ0n) is 11.6. The summed E-state index contributed by atoms with van der Waals surface area (Å²) >= 11 is 0. The summed E-state index contributed by atoms with van der Waals surface area (Å²) in [6.07, 6.45) is 13.9. The third kappa shape index (κ3) is 11.6. The van der Waals surface area contributed by atoms with Crippen molar-refractivity contribution in [2.75, 3.05) is 6.61 Å². The number of carboxylic acids is 1. The van der Waals surface area contributed by atoms with Crippen molar-refractivity contribution < 1.29 is 15.0 Å². The highest BCUT2D eigenvalue weighted by Crippen LogP contribution is 2.10. The van der Waals surface area contributed by atoms with Gasteiger partial charge in [-0.1, -0.05) is 38.3 Å². The molecule has 0 saturated carbocycles. The summed E-state index contributed by atoms with van der Waals surface area (Å²) in [5.41, 5.74) is 0. The number of hydrogen-bond donors (Lipinski definition) is 2. The van der Waals surface area contributed by atoms with Gasteiger partial charge in [0, 0.05) is 6.61 Å². The number of aliphatic carboxylic acids is 1. The number of unbranched alkanes of at least 4 members (excludes halogenated alkanes) is 6. The maximum Gasteiger partial charge on any atom is 0.306 e. The summed E-state index contributed by atoms with van der Waals surface area (Å²) in [6, 6.07) is 0. The molecule has 0 aliphatic rings. The standard InChI is InChI=1S/C15H28O3/c1-14(15(17)18)12-10-8-6-4-2-3-5-7-9-11-13-16/h2,4,14,16H,3,5-13H2,1H3,(H,17,18)/b4-2+. The van der Waals surface area contributed by atoms with Crippen molar-refractivity contribution in [2.45, 2.75) is 64.7 Å².